The first kappa shape index (κ1) is 21.0. The predicted molar refractivity (Wildman–Crippen MR) is 110 cm³/mol. The second-order valence-corrected chi connectivity index (χ2v) is 8.75. The molecular formula is C24H44O. The normalized spacial score (nSPS) is 30.8. The van der Waals surface area contributed by atoms with E-state index in [0.29, 0.717) is 6.10 Å². The zero-order valence-electron chi connectivity index (χ0n) is 17.2. The Morgan fingerprint density at radius 3 is 2.12 bits per heavy atom. The van der Waals surface area contributed by atoms with Gasteiger partial charge < -0.3 is 4.74 Å². The summed E-state index contributed by atoms with van der Waals surface area (Å²) in [5.74, 6) is 3.09. The summed E-state index contributed by atoms with van der Waals surface area (Å²) in [4.78, 5) is 0. The van der Waals surface area contributed by atoms with E-state index in [-0.39, 0.29) is 0 Å². The third-order valence-corrected chi connectivity index (χ3v) is 6.85. The van der Waals surface area contributed by atoms with Gasteiger partial charge in [0.25, 0.3) is 0 Å². The maximum Gasteiger partial charge on any atom is 0.0575 e. The molecule has 146 valence electrons. The van der Waals surface area contributed by atoms with E-state index in [0.717, 1.165) is 24.4 Å². The van der Waals surface area contributed by atoms with Crippen LogP contribution in [0.3, 0.4) is 0 Å². The topological polar surface area (TPSA) is 9.23 Å². The van der Waals surface area contributed by atoms with Gasteiger partial charge in [0, 0.05) is 6.61 Å². The Kier molecular flexibility index (Phi) is 10.9. The van der Waals surface area contributed by atoms with Crippen LogP contribution >= 0.6 is 0 Å². The molecule has 1 heteroatoms. The Morgan fingerprint density at radius 1 is 0.800 bits per heavy atom. The third kappa shape index (κ3) is 8.29. The highest BCUT2D eigenvalue weighted by Crippen LogP contribution is 2.41. The van der Waals surface area contributed by atoms with Gasteiger partial charge in [-0.25, -0.2) is 0 Å². The average molecular weight is 349 g/mol. The van der Waals surface area contributed by atoms with Crippen LogP contribution < -0.4 is 0 Å². The van der Waals surface area contributed by atoms with Crippen molar-refractivity contribution < 1.29 is 4.74 Å². The van der Waals surface area contributed by atoms with Crippen LogP contribution in [0.5, 0.6) is 0 Å². The molecule has 2 aliphatic rings. The van der Waals surface area contributed by atoms with E-state index in [1.54, 1.807) is 0 Å². The van der Waals surface area contributed by atoms with Gasteiger partial charge >= 0.3 is 0 Å². The molecule has 2 rings (SSSR count). The van der Waals surface area contributed by atoms with Crippen molar-refractivity contribution in [2.24, 2.45) is 17.8 Å². The molecule has 0 atom stereocenters. The largest absolute Gasteiger partial charge is 0.378 e. The van der Waals surface area contributed by atoms with E-state index in [1.807, 2.05) is 0 Å². The molecule has 0 bridgehead atoms. The van der Waals surface area contributed by atoms with Crippen molar-refractivity contribution in [3.8, 4) is 0 Å². The number of rotatable bonds is 11. The quantitative estimate of drug-likeness (QED) is 0.274. The Balaban J connectivity index is 1.53. The van der Waals surface area contributed by atoms with E-state index in [2.05, 4.69) is 26.0 Å². The second kappa shape index (κ2) is 13.0. The Morgan fingerprint density at radius 2 is 1.48 bits per heavy atom. The Bertz CT molecular complexity index is 332. The van der Waals surface area contributed by atoms with Crippen LogP contribution in [0.15, 0.2) is 12.2 Å². The fourth-order valence-electron chi connectivity index (χ4n) is 5.14. The van der Waals surface area contributed by atoms with Gasteiger partial charge in [0.2, 0.25) is 0 Å². The van der Waals surface area contributed by atoms with Gasteiger partial charge in [-0.2, -0.15) is 0 Å². The van der Waals surface area contributed by atoms with Crippen LogP contribution in [-0.4, -0.2) is 12.7 Å². The van der Waals surface area contributed by atoms with Crippen molar-refractivity contribution in [2.45, 2.75) is 116 Å². The van der Waals surface area contributed by atoms with E-state index < -0.39 is 0 Å². The molecular weight excluding hydrogens is 304 g/mol. The molecule has 25 heavy (non-hydrogen) atoms. The summed E-state index contributed by atoms with van der Waals surface area (Å²) in [5, 5.41) is 0. The highest BCUT2D eigenvalue weighted by molar-refractivity contribution is 4.83. The van der Waals surface area contributed by atoms with Crippen LogP contribution in [0.25, 0.3) is 0 Å². The molecule has 2 aliphatic carbocycles. The maximum absolute atomic E-state index is 6.14. The molecule has 0 spiro atoms. The molecule has 0 N–H and O–H groups in total. The van der Waals surface area contributed by atoms with E-state index in [9.17, 15) is 0 Å². The lowest BCUT2D eigenvalue weighted by Gasteiger charge is -2.38. The molecule has 0 radical (unpaired) electrons. The first-order valence-electron chi connectivity index (χ1n) is 11.6. The Hall–Kier alpha value is -0.300. The summed E-state index contributed by atoms with van der Waals surface area (Å²) in [7, 11) is 0. The molecule has 0 saturated heterocycles. The van der Waals surface area contributed by atoms with Gasteiger partial charge in [0.15, 0.2) is 0 Å². The van der Waals surface area contributed by atoms with E-state index in [4.69, 9.17) is 4.74 Å². The van der Waals surface area contributed by atoms with Crippen LogP contribution in [0.1, 0.15) is 110 Å². The van der Waals surface area contributed by atoms with Crippen molar-refractivity contribution in [3.05, 3.63) is 12.2 Å². The molecule has 0 aromatic heterocycles. The summed E-state index contributed by atoms with van der Waals surface area (Å²) >= 11 is 0. The number of ether oxygens (including phenoxy) is 1. The van der Waals surface area contributed by atoms with E-state index >= 15 is 0 Å². The summed E-state index contributed by atoms with van der Waals surface area (Å²) in [6.45, 7) is 5.42. The summed E-state index contributed by atoms with van der Waals surface area (Å²) < 4.78 is 6.14. The van der Waals surface area contributed by atoms with Crippen molar-refractivity contribution in [1.29, 1.82) is 0 Å². The molecule has 0 aromatic carbocycles. The first-order valence-corrected chi connectivity index (χ1v) is 11.6. The van der Waals surface area contributed by atoms with Gasteiger partial charge in [-0.3, -0.25) is 0 Å². The first-order chi connectivity index (χ1) is 12.3. The summed E-state index contributed by atoms with van der Waals surface area (Å²) in [5.41, 5.74) is 0. The highest BCUT2D eigenvalue weighted by atomic mass is 16.5. The predicted octanol–water partition coefficient (Wildman–Crippen LogP) is 7.69. The molecule has 0 aromatic rings. The second-order valence-electron chi connectivity index (χ2n) is 8.75. The summed E-state index contributed by atoms with van der Waals surface area (Å²) in [6.07, 6.45) is 26.2. The number of unbranched alkanes of at least 4 members (excludes halogenated alkanes) is 4. The molecule has 0 heterocycles. The lowest BCUT2D eigenvalue weighted by atomic mass is 9.70. The van der Waals surface area contributed by atoms with Crippen LogP contribution in [0.2, 0.25) is 0 Å². The monoisotopic (exact) mass is 348 g/mol. The lowest BCUT2D eigenvalue weighted by molar-refractivity contribution is 0.00530. The van der Waals surface area contributed by atoms with E-state index in [1.165, 1.54) is 96.3 Å². The molecule has 0 amide bonds. The molecule has 2 fully saturated rings. The minimum atomic E-state index is 0.584. The number of hydrogen-bond acceptors (Lipinski definition) is 1. The minimum Gasteiger partial charge on any atom is -0.378 e. The van der Waals surface area contributed by atoms with Crippen LogP contribution in [-0.2, 0) is 4.74 Å². The van der Waals surface area contributed by atoms with Crippen LogP contribution in [0, 0.1) is 17.8 Å². The van der Waals surface area contributed by atoms with Crippen molar-refractivity contribution in [2.75, 3.05) is 6.61 Å². The van der Waals surface area contributed by atoms with Gasteiger partial charge in [-0.1, -0.05) is 57.6 Å². The number of hydrogen-bond donors (Lipinski definition) is 0. The molecule has 0 aliphatic heterocycles. The SMILES string of the molecule is C/C=C\CCC[C@H]1CC[C@H]([C@H]2CC[C@H](OCCCCCC)CC2)CC1. The van der Waals surface area contributed by atoms with Crippen molar-refractivity contribution in [1.82, 2.24) is 0 Å². The van der Waals surface area contributed by atoms with Gasteiger partial charge in [-0.05, 0) is 82.5 Å². The summed E-state index contributed by atoms with van der Waals surface area (Å²) in [6, 6.07) is 0. The number of allylic oxidation sites excluding steroid dienone is 2. The van der Waals surface area contributed by atoms with Crippen LogP contribution in [0.4, 0.5) is 0 Å². The smallest absolute Gasteiger partial charge is 0.0575 e. The van der Waals surface area contributed by atoms with Gasteiger partial charge in [0.05, 0.1) is 6.10 Å². The Labute approximate surface area is 158 Å². The van der Waals surface area contributed by atoms with Crippen molar-refractivity contribution in [3.63, 3.8) is 0 Å². The fraction of sp³-hybridized carbons (Fsp3) is 0.917. The zero-order chi connectivity index (χ0) is 17.7. The zero-order valence-corrected chi connectivity index (χ0v) is 17.2. The fourth-order valence-corrected chi connectivity index (χ4v) is 5.14. The molecule has 2 saturated carbocycles. The van der Waals surface area contributed by atoms with Gasteiger partial charge in [0.1, 0.15) is 0 Å². The molecule has 0 unspecified atom stereocenters. The standard InChI is InChI=1S/C24H44O/c1-3-5-7-9-11-21-12-14-22(15-13-21)23-16-18-24(19-17-23)25-20-10-8-6-4-2/h3,5,21-24H,4,6-20H2,1-2H3/b5-3-/t21-,22-,23-,24-. The molecule has 1 nitrogen and oxygen atoms in total. The van der Waals surface area contributed by atoms with Crippen molar-refractivity contribution >= 4 is 0 Å². The maximum atomic E-state index is 6.14. The van der Waals surface area contributed by atoms with Gasteiger partial charge in [-0.15, -0.1) is 0 Å². The third-order valence-electron chi connectivity index (χ3n) is 6.85. The highest BCUT2D eigenvalue weighted by Gasteiger charge is 2.30. The average Bonchev–Trinajstić information content (AvgIpc) is 2.66. The minimum absolute atomic E-state index is 0.584. The lowest BCUT2D eigenvalue weighted by Crippen LogP contribution is -2.28.